The molecule has 1 saturated heterocycles. The molecule has 4 atom stereocenters. The van der Waals surface area contributed by atoms with E-state index in [1.165, 1.54) is 18.2 Å². The van der Waals surface area contributed by atoms with Gasteiger partial charge >= 0.3 is 7.12 Å². The highest BCUT2D eigenvalue weighted by molar-refractivity contribution is 6.58. The number of amides is 2. The summed E-state index contributed by atoms with van der Waals surface area (Å²) < 4.78 is 5.83. The predicted octanol–water partition coefficient (Wildman–Crippen LogP) is 1.37. The van der Waals surface area contributed by atoms with Gasteiger partial charge in [-0.15, -0.1) is 0 Å². The maximum absolute atomic E-state index is 14.0. The van der Waals surface area contributed by atoms with Gasteiger partial charge in [0.2, 0.25) is 11.8 Å². The fraction of sp³-hybridized carbons (Fsp3) is 0.290. The Hall–Kier alpha value is -4.12. The lowest BCUT2D eigenvalue weighted by molar-refractivity contribution is -0.123. The molecule has 41 heavy (non-hydrogen) atoms. The van der Waals surface area contributed by atoms with Crippen LogP contribution in [0.25, 0.3) is 0 Å². The van der Waals surface area contributed by atoms with Crippen LogP contribution in [0.5, 0.6) is 5.75 Å². The van der Waals surface area contributed by atoms with Gasteiger partial charge in [-0.3, -0.25) is 24.1 Å². The second-order valence-corrected chi connectivity index (χ2v) is 10.8. The van der Waals surface area contributed by atoms with E-state index < -0.39 is 36.7 Å². The van der Waals surface area contributed by atoms with Crippen LogP contribution >= 0.6 is 0 Å². The fourth-order valence-corrected chi connectivity index (χ4v) is 6.82. The molecule has 3 aliphatic carbocycles. The highest BCUT2D eigenvalue weighted by atomic mass is 16.5. The first-order valence-corrected chi connectivity index (χ1v) is 13.6. The van der Waals surface area contributed by atoms with Gasteiger partial charge in [-0.2, -0.15) is 0 Å². The van der Waals surface area contributed by atoms with Crippen molar-refractivity contribution in [2.24, 2.45) is 17.8 Å². The largest absolute Gasteiger partial charge is 0.491 e. The monoisotopic (exact) mass is 553 g/mol. The van der Waals surface area contributed by atoms with Crippen molar-refractivity contribution in [2.75, 3.05) is 18.1 Å². The summed E-state index contributed by atoms with van der Waals surface area (Å²) in [5.74, 6) is -3.46. The molecule has 6 rings (SSSR count). The van der Waals surface area contributed by atoms with Crippen molar-refractivity contribution < 1.29 is 39.1 Å². The molecule has 0 spiro atoms. The molecular formula is C31H28BNO8. The number of aliphatic hydroxyl groups is 1. The van der Waals surface area contributed by atoms with Gasteiger partial charge in [0, 0.05) is 28.2 Å². The Morgan fingerprint density at radius 3 is 2.54 bits per heavy atom. The number of hydrogen-bond donors (Lipinski definition) is 3. The van der Waals surface area contributed by atoms with Crippen LogP contribution in [0, 0.1) is 17.8 Å². The number of fused-ring (bicyclic) bond motifs is 3. The van der Waals surface area contributed by atoms with Crippen molar-refractivity contribution in [1.82, 2.24) is 0 Å². The zero-order valence-corrected chi connectivity index (χ0v) is 22.3. The highest BCUT2D eigenvalue weighted by Gasteiger charge is 2.56. The molecule has 1 fully saturated rings. The molecule has 0 radical (unpaired) electrons. The minimum absolute atomic E-state index is 0.0399. The number of Topliss-reactive ketones (excluding diaryl/α,β-unsaturated/α-hetero) is 1. The number of rotatable bonds is 6. The Labute approximate surface area is 236 Å². The topological polar surface area (TPSA) is 141 Å². The molecular weight excluding hydrogens is 525 g/mol. The number of carbonyl (C=O) groups is 4. The molecule has 0 saturated carbocycles. The van der Waals surface area contributed by atoms with Crippen LogP contribution in [0.4, 0.5) is 5.69 Å². The van der Waals surface area contributed by atoms with Gasteiger partial charge < -0.3 is 19.9 Å². The number of anilines is 1. The molecule has 1 heterocycles. The van der Waals surface area contributed by atoms with Crippen LogP contribution in [-0.2, 0) is 19.2 Å². The number of para-hydroxylation sites is 1. The Kier molecular flexibility index (Phi) is 6.85. The van der Waals surface area contributed by atoms with E-state index in [9.17, 15) is 34.3 Å². The first-order chi connectivity index (χ1) is 19.7. The predicted molar refractivity (Wildman–Crippen MR) is 149 cm³/mol. The van der Waals surface area contributed by atoms with Crippen LogP contribution in [-0.4, -0.2) is 58.9 Å². The number of hydrogen-bond acceptors (Lipinski definition) is 8. The number of carbonyl (C=O) groups excluding carboxylic acids is 4. The van der Waals surface area contributed by atoms with Crippen molar-refractivity contribution in [1.29, 1.82) is 0 Å². The first-order valence-electron chi connectivity index (χ1n) is 13.6. The van der Waals surface area contributed by atoms with Gasteiger partial charge in [0.05, 0.1) is 24.1 Å². The molecule has 10 heteroatoms. The van der Waals surface area contributed by atoms with Gasteiger partial charge in [0.25, 0.3) is 0 Å². The van der Waals surface area contributed by atoms with Crippen molar-refractivity contribution in [2.45, 2.75) is 25.7 Å². The molecule has 2 aromatic carbocycles. The zero-order valence-electron chi connectivity index (χ0n) is 22.3. The quantitative estimate of drug-likeness (QED) is 0.211. The van der Waals surface area contributed by atoms with Gasteiger partial charge in [-0.1, -0.05) is 42.0 Å². The number of benzene rings is 2. The van der Waals surface area contributed by atoms with E-state index in [0.29, 0.717) is 28.0 Å². The minimum atomic E-state index is -1.76. The third-order valence-corrected chi connectivity index (χ3v) is 8.57. The smallest absolute Gasteiger partial charge is 0.488 e. The van der Waals surface area contributed by atoms with Crippen LogP contribution in [0.1, 0.15) is 31.2 Å². The summed E-state index contributed by atoms with van der Waals surface area (Å²) in [6.45, 7) is 1.43. The van der Waals surface area contributed by atoms with Gasteiger partial charge in [0.1, 0.15) is 12.4 Å². The normalized spacial score (nSPS) is 25.4. The van der Waals surface area contributed by atoms with E-state index in [4.69, 9.17) is 4.74 Å². The van der Waals surface area contributed by atoms with Crippen LogP contribution in [0.15, 0.2) is 83.0 Å². The third-order valence-electron chi connectivity index (χ3n) is 8.57. The third kappa shape index (κ3) is 4.30. The summed E-state index contributed by atoms with van der Waals surface area (Å²) in [5.41, 5.74) is 2.88. The van der Waals surface area contributed by atoms with Crippen molar-refractivity contribution in [3.63, 3.8) is 0 Å². The summed E-state index contributed by atoms with van der Waals surface area (Å²) in [7, 11) is -1.76. The maximum Gasteiger partial charge on any atom is 0.488 e. The average Bonchev–Trinajstić information content (AvgIpc) is 3.23. The van der Waals surface area contributed by atoms with Crippen LogP contribution < -0.4 is 15.1 Å². The molecule has 4 aliphatic rings. The number of allylic oxidation sites excluding steroid dienone is 6. The van der Waals surface area contributed by atoms with Crippen molar-refractivity contribution in [3.05, 3.63) is 88.5 Å². The van der Waals surface area contributed by atoms with E-state index >= 15 is 0 Å². The summed E-state index contributed by atoms with van der Waals surface area (Å²) in [6, 6.07) is 13.2. The molecule has 1 aliphatic heterocycles. The molecule has 2 aromatic rings. The minimum Gasteiger partial charge on any atom is -0.491 e. The van der Waals surface area contributed by atoms with Crippen molar-refractivity contribution in [3.8, 4) is 5.75 Å². The summed E-state index contributed by atoms with van der Waals surface area (Å²) in [5, 5.41) is 28.7. The van der Waals surface area contributed by atoms with Crippen molar-refractivity contribution >= 4 is 41.6 Å². The van der Waals surface area contributed by atoms with Crippen LogP contribution in [0.2, 0.25) is 0 Å². The molecule has 208 valence electrons. The van der Waals surface area contributed by atoms with E-state index in [1.807, 2.05) is 18.2 Å². The second-order valence-electron chi connectivity index (χ2n) is 10.8. The lowest BCUT2D eigenvalue weighted by atomic mass is 9.59. The molecule has 0 aromatic heterocycles. The van der Waals surface area contributed by atoms with Gasteiger partial charge in [0.15, 0.2) is 11.6 Å². The average molecular weight is 553 g/mol. The van der Waals surface area contributed by atoms with E-state index in [0.717, 1.165) is 10.5 Å². The fourth-order valence-electron chi connectivity index (χ4n) is 6.82. The molecule has 0 unspecified atom stereocenters. The number of nitrogens with zero attached hydrogens (tertiary/aromatic N) is 1. The Morgan fingerprint density at radius 1 is 1.00 bits per heavy atom. The lowest BCUT2D eigenvalue weighted by Gasteiger charge is -2.42. The van der Waals surface area contributed by atoms with Gasteiger partial charge in [-0.25, -0.2) is 0 Å². The first kappa shape index (κ1) is 27.1. The second kappa shape index (κ2) is 10.4. The number of ether oxygens (including phenoxy) is 1. The molecule has 0 bridgehead atoms. The van der Waals surface area contributed by atoms with E-state index in [-0.39, 0.29) is 54.7 Å². The maximum atomic E-state index is 14.0. The lowest BCUT2D eigenvalue weighted by Crippen LogP contribution is -2.40. The summed E-state index contributed by atoms with van der Waals surface area (Å²) >= 11 is 0. The standard InChI is InChI=1S/C31H28BNO8/c1-16-13-24(35)28-23(29(16)36)15-22-19(26(28)20-7-2-3-8-25(20)41-12-11-34)9-10-21-27(22)31(38)33(30(21)37)18-6-4-5-17(14-18)32(39)40/h2-9,13-14,21-22,26-27,34,39-40H,10-12,15H2,1H3/t21-,22+,26+,27-/m0/s1. The summed E-state index contributed by atoms with van der Waals surface area (Å²) in [4.78, 5) is 55.7. The molecule has 3 N–H and O–H groups in total. The Bertz CT molecular complexity index is 1590. The Balaban J connectivity index is 1.47. The van der Waals surface area contributed by atoms with E-state index in [2.05, 4.69) is 0 Å². The molecule has 2 amide bonds. The number of aliphatic hydroxyl groups excluding tert-OH is 1. The number of ketones is 2. The van der Waals surface area contributed by atoms with Gasteiger partial charge in [-0.05, 0) is 55.4 Å². The van der Waals surface area contributed by atoms with E-state index in [1.54, 1.807) is 31.2 Å². The Morgan fingerprint density at radius 2 is 1.78 bits per heavy atom. The summed E-state index contributed by atoms with van der Waals surface area (Å²) in [6.07, 6.45) is 3.70. The highest BCUT2D eigenvalue weighted by Crippen LogP contribution is 2.56. The number of imide groups is 1. The zero-order chi connectivity index (χ0) is 29.0. The molecule has 9 nitrogen and oxygen atoms in total. The van der Waals surface area contributed by atoms with Crippen LogP contribution in [0.3, 0.4) is 0 Å². The SMILES string of the molecule is CC1=CC(=O)C2=C(C[C@@H]3C(=CC[C@@H]4C(=O)N(c5cccc(B(O)O)c5)C(=O)[C@@H]43)[C@@H]2c2ccccc2OCCO)C1=O.